The second kappa shape index (κ2) is 8.89. The molecule has 0 aliphatic carbocycles. The first kappa shape index (κ1) is 22.3. The van der Waals surface area contributed by atoms with Gasteiger partial charge in [0.25, 0.3) is 0 Å². The lowest BCUT2D eigenvalue weighted by Gasteiger charge is -2.14. The normalized spacial score (nSPS) is 13.1. The summed E-state index contributed by atoms with van der Waals surface area (Å²) in [5.41, 5.74) is -0.887. The number of anilines is 2. The van der Waals surface area contributed by atoms with E-state index in [9.17, 15) is 23.5 Å². The fraction of sp³-hybridized carbons (Fsp3) is 0.0833. The van der Waals surface area contributed by atoms with Gasteiger partial charge >= 0.3 is 0 Å². The predicted octanol–water partition coefficient (Wildman–Crippen LogP) is 3.94. The largest absolute Gasteiger partial charge is 0.393 e. The van der Waals surface area contributed by atoms with E-state index in [-0.39, 0.29) is 11.4 Å². The number of aliphatic hydroxyl groups excluding tert-OH is 2. The van der Waals surface area contributed by atoms with Crippen LogP contribution in [0.3, 0.4) is 0 Å². The van der Waals surface area contributed by atoms with Crippen molar-refractivity contribution in [3.05, 3.63) is 106 Å². The maximum absolute atomic E-state index is 15.1. The van der Waals surface area contributed by atoms with Crippen molar-refractivity contribution in [1.29, 1.82) is 0 Å². The standard InChI is InChI=1S/C24H17F3N2O4/c25-13-8-12(9-14(26)10-13)22(32)20(24-28-17-6-1-2-7-18(17)29-24)23(33)16-5-3-4-15(21(16)27)19(31)11-30/h1-10,19,28-31H,11H2. The maximum Gasteiger partial charge on any atom is 0.203 e. The van der Waals surface area contributed by atoms with Crippen LogP contribution in [0.25, 0.3) is 0 Å². The van der Waals surface area contributed by atoms with Gasteiger partial charge in [-0.1, -0.05) is 24.3 Å². The van der Waals surface area contributed by atoms with E-state index in [0.717, 1.165) is 18.2 Å². The minimum atomic E-state index is -1.59. The molecule has 1 aliphatic heterocycles. The molecule has 0 amide bonds. The van der Waals surface area contributed by atoms with Crippen LogP contribution in [-0.4, -0.2) is 28.4 Å². The van der Waals surface area contributed by atoms with E-state index < -0.39 is 58.4 Å². The first-order chi connectivity index (χ1) is 15.8. The molecule has 0 saturated carbocycles. The van der Waals surface area contributed by atoms with Gasteiger partial charge in [0, 0.05) is 17.2 Å². The predicted molar refractivity (Wildman–Crippen MR) is 114 cm³/mol. The molecule has 4 N–H and O–H groups in total. The molecule has 6 nitrogen and oxygen atoms in total. The third-order valence-electron chi connectivity index (χ3n) is 5.08. The molecule has 4 rings (SSSR count). The zero-order valence-electron chi connectivity index (χ0n) is 16.9. The van der Waals surface area contributed by atoms with Crippen LogP contribution in [-0.2, 0) is 0 Å². The van der Waals surface area contributed by atoms with Crippen molar-refractivity contribution in [2.75, 3.05) is 17.2 Å². The van der Waals surface area contributed by atoms with Crippen molar-refractivity contribution in [2.45, 2.75) is 6.10 Å². The smallest absolute Gasteiger partial charge is 0.203 e. The zero-order chi connectivity index (χ0) is 23.7. The number of para-hydroxylation sites is 2. The van der Waals surface area contributed by atoms with Crippen LogP contribution >= 0.6 is 0 Å². The number of nitrogens with one attached hydrogen (secondary N) is 2. The summed E-state index contributed by atoms with van der Waals surface area (Å²) < 4.78 is 42.6. The molecule has 0 fully saturated rings. The summed E-state index contributed by atoms with van der Waals surface area (Å²) >= 11 is 0. The number of hydrogen-bond donors (Lipinski definition) is 4. The Morgan fingerprint density at radius 2 is 1.45 bits per heavy atom. The molecule has 3 aromatic carbocycles. The minimum Gasteiger partial charge on any atom is -0.393 e. The molecule has 1 heterocycles. The average molecular weight is 454 g/mol. The Balaban J connectivity index is 1.87. The number of allylic oxidation sites excluding steroid dienone is 1. The lowest BCUT2D eigenvalue weighted by Crippen LogP contribution is -2.22. The van der Waals surface area contributed by atoms with Crippen LogP contribution in [0.15, 0.2) is 72.1 Å². The molecule has 3 aromatic rings. The van der Waals surface area contributed by atoms with Crippen LogP contribution in [0.2, 0.25) is 0 Å². The van der Waals surface area contributed by atoms with Gasteiger partial charge in [0.05, 0.1) is 23.5 Å². The molecule has 1 unspecified atom stereocenters. The number of carbonyl (C=O) groups is 2. The number of Topliss-reactive ketones (excluding diaryl/α,β-unsaturated/α-hetero) is 2. The third kappa shape index (κ3) is 4.23. The maximum atomic E-state index is 15.1. The van der Waals surface area contributed by atoms with Crippen molar-refractivity contribution in [2.24, 2.45) is 0 Å². The Labute approximate surface area is 186 Å². The van der Waals surface area contributed by atoms with Gasteiger partial charge in [-0.15, -0.1) is 0 Å². The summed E-state index contributed by atoms with van der Waals surface area (Å²) in [5, 5.41) is 24.7. The first-order valence-corrected chi connectivity index (χ1v) is 9.80. The summed E-state index contributed by atoms with van der Waals surface area (Å²) in [4.78, 5) is 26.7. The summed E-state index contributed by atoms with van der Waals surface area (Å²) in [7, 11) is 0. The molecule has 1 aliphatic rings. The number of benzene rings is 3. The lowest BCUT2D eigenvalue weighted by atomic mass is 9.93. The van der Waals surface area contributed by atoms with Gasteiger partial charge < -0.3 is 20.8 Å². The lowest BCUT2D eigenvalue weighted by molar-refractivity contribution is 0.0915. The fourth-order valence-electron chi connectivity index (χ4n) is 3.50. The van der Waals surface area contributed by atoms with E-state index >= 15 is 4.39 Å². The van der Waals surface area contributed by atoms with E-state index in [1.807, 2.05) is 0 Å². The molecule has 33 heavy (non-hydrogen) atoms. The summed E-state index contributed by atoms with van der Waals surface area (Å²) in [6.45, 7) is -0.789. The highest BCUT2D eigenvalue weighted by Gasteiger charge is 2.32. The summed E-state index contributed by atoms with van der Waals surface area (Å²) in [6, 6.07) is 12.4. The zero-order valence-corrected chi connectivity index (χ0v) is 16.9. The quantitative estimate of drug-likeness (QED) is 0.195. The number of halogens is 3. The number of aliphatic hydroxyl groups is 2. The third-order valence-corrected chi connectivity index (χ3v) is 5.08. The topological polar surface area (TPSA) is 98.7 Å². The molecule has 0 saturated heterocycles. The second-order valence-corrected chi connectivity index (χ2v) is 7.27. The van der Waals surface area contributed by atoms with Crippen LogP contribution in [0.1, 0.15) is 32.4 Å². The Morgan fingerprint density at radius 1 is 0.848 bits per heavy atom. The van der Waals surface area contributed by atoms with E-state index in [1.165, 1.54) is 12.1 Å². The van der Waals surface area contributed by atoms with Gasteiger partial charge in [0.1, 0.15) is 34.9 Å². The first-order valence-electron chi connectivity index (χ1n) is 9.80. The van der Waals surface area contributed by atoms with Gasteiger partial charge in [-0.3, -0.25) is 9.59 Å². The Morgan fingerprint density at radius 3 is 2.03 bits per heavy atom. The van der Waals surface area contributed by atoms with Crippen LogP contribution in [0.4, 0.5) is 24.5 Å². The molecule has 1 atom stereocenters. The summed E-state index contributed by atoms with van der Waals surface area (Å²) in [6.07, 6.45) is -1.59. The second-order valence-electron chi connectivity index (χ2n) is 7.27. The molecule has 9 heteroatoms. The summed E-state index contributed by atoms with van der Waals surface area (Å²) in [5.74, 6) is -5.40. The fourth-order valence-corrected chi connectivity index (χ4v) is 3.50. The number of carbonyl (C=O) groups excluding carboxylic acids is 2. The van der Waals surface area contributed by atoms with Crippen LogP contribution < -0.4 is 10.6 Å². The molecule has 0 spiro atoms. The van der Waals surface area contributed by atoms with Crippen molar-refractivity contribution in [1.82, 2.24) is 0 Å². The van der Waals surface area contributed by atoms with Gasteiger partial charge in [0.2, 0.25) is 11.6 Å². The number of ketones is 2. The van der Waals surface area contributed by atoms with Crippen molar-refractivity contribution >= 4 is 22.9 Å². The van der Waals surface area contributed by atoms with E-state index in [4.69, 9.17) is 5.11 Å². The SMILES string of the molecule is O=C(C(C(=O)c1cccc(C(O)CO)c1F)=C1Nc2ccccc2N1)c1cc(F)cc(F)c1. The molecular weight excluding hydrogens is 437 g/mol. The van der Waals surface area contributed by atoms with Gasteiger partial charge in [-0.25, -0.2) is 13.2 Å². The highest BCUT2D eigenvalue weighted by molar-refractivity contribution is 6.32. The Hall–Kier alpha value is -3.95. The highest BCUT2D eigenvalue weighted by atomic mass is 19.1. The van der Waals surface area contributed by atoms with E-state index in [0.29, 0.717) is 17.4 Å². The van der Waals surface area contributed by atoms with E-state index in [2.05, 4.69) is 10.6 Å². The molecule has 0 bridgehead atoms. The number of hydrogen-bond acceptors (Lipinski definition) is 6. The number of rotatable bonds is 6. The average Bonchev–Trinajstić information content (AvgIpc) is 3.21. The Kier molecular flexibility index (Phi) is 5.99. The molecule has 0 aromatic heterocycles. The monoisotopic (exact) mass is 454 g/mol. The van der Waals surface area contributed by atoms with Crippen molar-refractivity contribution in [3.63, 3.8) is 0 Å². The van der Waals surface area contributed by atoms with Gasteiger partial charge in [-0.05, 0) is 30.3 Å². The molecule has 0 radical (unpaired) electrons. The molecular formula is C24H17F3N2O4. The number of fused-ring (bicyclic) bond motifs is 1. The van der Waals surface area contributed by atoms with Crippen LogP contribution in [0.5, 0.6) is 0 Å². The molecule has 168 valence electrons. The van der Waals surface area contributed by atoms with E-state index in [1.54, 1.807) is 24.3 Å². The highest BCUT2D eigenvalue weighted by Crippen LogP contribution is 2.33. The minimum absolute atomic E-state index is 0.0941. The Bertz CT molecular complexity index is 1260. The van der Waals surface area contributed by atoms with Gasteiger partial charge in [-0.2, -0.15) is 0 Å². The van der Waals surface area contributed by atoms with Crippen molar-refractivity contribution in [3.8, 4) is 0 Å². The van der Waals surface area contributed by atoms with Crippen molar-refractivity contribution < 1.29 is 33.0 Å². The van der Waals surface area contributed by atoms with Gasteiger partial charge in [0.15, 0.2) is 0 Å². The van der Waals surface area contributed by atoms with Crippen LogP contribution in [0, 0.1) is 17.5 Å².